The Morgan fingerprint density at radius 2 is 1.53 bits per heavy atom. The largest absolute Gasteiger partial charge is 0.456 e. The zero-order valence-corrected chi connectivity index (χ0v) is 23.1. The normalized spacial score (nSPS) is 14.9. The summed E-state index contributed by atoms with van der Waals surface area (Å²) in [6.07, 6.45) is -0.500. The van der Waals surface area contributed by atoms with Gasteiger partial charge < -0.3 is 19.3 Å². The Kier molecular flexibility index (Phi) is 8.44. The lowest BCUT2D eigenvalue weighted by molar-refractivity contribution is 0.0192. The van der Waals surface area contributed by atoms with Crippen LogP contribution in [0, 0.1) is 0 Å². The number of carbonyl (C=O) groups is 2. The van der Waals surface area contributed by atoms with Crippen molar-refractivity contribution in [1.82, 2.24) is 14.1 Å². The fraction of sp³-hybridized carbons (Fsp3) is 0.417. The molecule has 0 aliphatic carbocycles. The van der Waals surface area contributed by atoms with Crippen molar-refractivity contribution in [3.8, 4) is 11.5 Å². The fourth-order valence-electron chi connectivity index (χ4n) is 3.48. The molecule has 1 heterocycles. The van der Waals surface area contributed by atoms with Crippen molar-refractivity contribution < 1.29 is 27.5 Å². The number of rotatable bonds is 5. The minimum Gasteiger partial charge on any atom is -0.456 e. The molecule has 0 saturated carbocycles. The van der Waals surface area contributed by atoms with Crippen molar-refractivity contribution in [3.63, 3.8) is 0 Å². The van der Waals surface area contributed by atoms with Gasteiger partial charge in [-0.1, -0.05) is 23.2 Å². The Morgan fingerprint density at radius 3 is 2.06 bits per heavy atom. The smallest absolute Gasteiger partial charge is 0.410 e. The monoisotopic (exact) mass is 557 g/mol. The van der Waals surface area contributed by atoms with E-state index in [0.29, 0.717) is 10.0 Å². The maximum absolute atomic E-state index is 13.7. The van der Waals surface area contributed by atoms with Crippen LogP contribution in [-0.4, -0.2) is 80.4 Å². The van der Waals surface area contributed by atoms with E-state index in [1.165, 1.54) is 50.5 Å². The Hall–Kier alpha value is -2.53. The molecular formula is C24H29Cl2N3O6S. The van der Waals surface area contributed by atoms with Gasteiger partial charge in [-0.15, -0.1) is 0 Å². The average Bonchev–Trinajstić information content (AvgIpc) is 2.77. The van der Waals surface area contributed by atoms with Crippen LogP contribution in [-0.2, 0) is 14.8 Å². The number of nitrogens with zero attached hydrogens (tertiary/aromatic N) is 3. The van der Waals surface area contributed by atoms with Gasteiger partial charge in [-0.3, -0.25) is 4.79 Å². The second kappa shape index (κ2) is 10.8. The summed E-state index contributed by atoms with van der Waals surface area (Å²) in [5, 5.41) is 0.638. The molecule has 196 valence electrons. The molecule has 3 rings (SSSR count). The lowest BCUT2D eigenvalue weighted by Crippen LogP contribution is -2.51. The van der Waals surface area contributed by atoms with E-state index >= 15 is 0 Å². The number of amides is 2. The summed E-state index contributed by atoms with van der Waals surface area (Å²) in [6.45, 7) is 5.72. The van der Waals surface area contributed by atoms with E-state index in [-0.39, 0.29) is 54.0 Å². The van der Waals surface area contributed by atoms with E-state index in [0.717, 1.165) is 0 Å². The minimum atomic E-state index is -4.11. The van der Waals surface area contributed by atoms with Crippen molar-refractivity contribution in [3.05, 3.63) is 52.0 Å². The summed E-state index contributed by atoms with van der Waals surface area (Å²) < 4.78 is 39.9. The van der Waals surface area contributed by atoms with Gasteiger partial charge in [0, 0.05) is 55.9 Å². The summed E-state index contributed by atoms with van der Waals surface area (Å²) in [7, 11) is -0.958. The zero-order valence-electron chi connectivity index (χ0n) is 20.7. The number of ether oxygens (including phenoxy) is 2. The molecule has 0 spiro atoms. The Balaban J connectivity index is 1.93. The van der Waals surface area contributed by atoms with Crippen molar-refractivity contribution in [2.75, 3.05) is 40.3 Å². The lowest BCUT2D eigenvalue weighted by Gasteiger charge is -2.35. The number of hydrogen-bond donors (Lipinski definition) is 0. The molecule has 2 amide bonds. The van der Waals surface area contributed by atoms with Crippen LogP contribution in [0.15, 0.2) is 41.3 Å². The second-order valence-electron chi connectivity index (χ2n) is 9.44. The zero-order chi connectivity index (χ0) is 26.8. The van der Waals surface area contributed by atoms with E-state index in [4.69, 9.17) is 32.7 Å². The van der Waals surface area contributed by atoms with Gasteiger partial charge in [0.15, 0.2) is 0 Å². The van der Waals surface area contributed by atoms with Gasteiger partial charge >= 0.3 is 6.09 Å². The van der Waals surface area contributed by atoms with Gasteiger partial charge in [-0.2, -0.15) is 4.31 Å². The average molecular weight is 558 g/mol. The third kappa shape index (κ3) is 6.82. The van der Waals surface area contributed by atoms with E-state index < -0.39 is 21.7 Å². The highest BCUT2D eigenvalue weighted by Gasteiger charge is 2.34. The first-order valence-corrected chi connectivity index (χ1v) is 13.3. The molecule has 0 atom stereocenters. The molecule has 12 heteroatoms. The van der Waals surface area contributed by atoms with Crippen LogP contribution in [0.2, 0.25) is 10.0 Å². The highest BCUT2D eigenvalue weighted by Crippen LogP contribution is 2.35. The third-order valence-corrected chi connectivity index (χ3v) is 7.53. The maximum atomic E-state index is 13.7. The van der Waals surface area contributed by atoms with E-state index in [1.54, 1.807) is 34.9 Å². The van der Waals surface area contributed by atoms with Crippen molar-refractivity contribution >= 4 is 45.2 Å². The van der Waals surface area contributed by atoms with E-state index in [1.807, 2.05) is 0 Å². The van der Waals surface area contributed by atoms with Crippen LogP contribution in [0.4, 0.5) is 4.79 Å². The number of piperazine rings is 1. The molecule has 0 N–H and O–H groups in total. The van der Waals surface area contributed by atoms with Gasteiger partial charge in [0.1, 0.15) is 22.0 Å². The van der Waals surface area contributed by atoms with Crippen LogP contribution < -0.4 is 4.74 Å². The topological polar surface area (TPSA) is 96.5 Å². The predicted molar refractivity (Wildman–Crippen MR) is 138 cm³/mol. The number of hydrogen-bond acceptors (Lipinski definition) is 6. The number of carbonyl (C=O) groups excluding carboxylic acids is 2. The summed E-state index contributed by atoms with van der Waals surface area (Å²) in [6, 6.07) is 8.74. The first-order valence-electron chi connectivity index (χ1n) is 11.1. The van der Waals surface area contributed by atoms with Crippen LogP contribution in [0.3, 0.4) is 0 Å². The summed E-state index contributed by atoms with van der Waals surface area (Å²) in [5.41, 5.74) is -0.475. The van der Waals surface area contributed by atoms with Gasteiger partial charge in [-0.25, -0.2) is 13.2 Å². The van der Waals surface area contributed by atoms with Crippen LogP contribution in [0.1, 0.15) is 31.1 Å². The first-order chi connectivity index (χ1) is 16.7. The maximum Gasteiger partial charge on any atom is 0.410 e. The minimum absolute atomic E-state index is 0.0122. The highest BCUT2D eigenvalue weighted by molar-refractivity contribution is 7.89. The molecular weight excluding hydrogens is 529 g/mol. The number of benzene rings is 2. The summed E-state index contributed by atoms with van der Waals surface area (Å²) in [5.74, 6) is -0.109. The summed E-state index contributed by atoms with van der Waals surface area (Å²) >= 11 is 12.1. The number of sulfonamides is 1. The molecule has 1 aliphatic heterocycles. The third-order valence-electron chi connectivity index (χ3n) is 5.17. The molecule has 0 bridgehead atoms. The standard InChI is InChI=1S/C24H29Cl2N3O6S/c1-24(2,3)35-23(31)28-8-10-29(11-9-28)36(32,33)21-12-16(22(30)27(4)5)6-7-20(21)34-19-14-17(25)13-18(26)15-19/h6-7,12-15H,8-11H2,1-5H3. The summed E-state index contributed by atoms with van der Waals surface area (Å²) in [4.78, 5) is 27.6. The second-order valence-corrected chi connectivity index (χ2v) is 12.2. The molecule has 1 fully saturated rings. The molecule has 1 aliphatic rings. The van der Waals surface area contributed by atoms with E-state index in [9.17, 15) is 18.0 Å². The van der Waals surface area contributed by atoms with E-state index in [2.05, 4.69) is 0 Å². The van der Waals surface area contributed by atoms with Crippen LogP contribution in [0.5, 0.6) is 11.5 Å². The predicted octanol–water partition coefficient (Wildman–Crippen LogP) is 4.73. The molecule has 1 saturated heterocycles. The van der Waals surface area contributed by atoms with Crippen molar-refractivity contribution in [2.24, 2.45) is 0 Å². The van der Waals surface area contributed by atoms with Gasteiger partial charge in [-0.05, 0) is 57.2 Å². The van der Waals surface area contributed by atoms with Crippen molar-refractivity contribution in [2.45, 2.75) is 31.3 Å². The van der Waals surface area contributed by atoms with Gasteiger partial charge in [0.05, 0.1) is 0 Å². The fourth-order valence-corrected chi connectivity index (χ4v) is 5.54. The van der Waals surface area contributed by atoms with Gasteiger partial charge in [0.25, 0.3) is 5.91 Å². The van der Waals surface area contributed by atoms with Crippen molar-refractivity contribution in [1.29, 1.82) is 0 Å². The molecule has 0 unspecified atom stereocenters. The highest BCUT2D eigenvalue weighted by atomic mass is 35.5. The van der Waals surface area contributed by atoms with Crippen LogP contribution in [0.25, 0.3) is 0 Å². The Bertz CT molecular complexity index is 1230. The van der Waals surface area contributed by atoms with Gasteiger partial charge in [0.2, 0.25) is 10.0 Å². The molecule has 0 aromatic heterocycles. The van der Waals surface area contributed by atoms with Crippen LogP contribution >= 0.6 is 23.2 Å². The molecule has 36 heavy (non-hydrogen) atoms. The lowest BCUT2D eigenvalue weighted by atomic mass is 10.2. The Labute approximate surface area is 221 Å². The molecule has 9 nitrogen and oxygen atoms in total. The molecule has 2 aromatic rings. The molecule has 0 radical (unpaired) electrons. The SMILES string of the molecule is CN(C)C(=O)c1ccc(Oc2cc(Cl)cc(Cl)c2)c(S(=O)(=O)N2CCN(C(=O)OC(C)(C)C)CC2)c1. The first kappa shape index (κ1) is 28.0. The Morgan fingerprint density at radius 1 is 0.944 bits per heavy atom. The molecule has 2 aromatic carbocycles. The quantitative estimate of drug-likeness (QED) is 0.527. The number of halogens is 2.